The molecule has 0 N–H and O–H groups in total. The van der Waals surface area contributed by atoms with Crippen LogP contribution in [0.1, 0.15) is 11.3 Å². The second-order valence-electron chi connectivity index (χ2n) is 5.14. The van der Waals surface area contributed by atoms with E-state index in [4.69, 9.17) is 19.2 Å². The predicted octanol–water partition coefficient (Wildman–Crippen LogP) is 3.37. The first-order chi connectivity index (χ1) is 12.2. The number of ether oxygens (including phenoxy) is 2. The molecule has 25 heavy (non-hydrogen) atoms. The first kappa shape index (κ1) is 16.3. The van der Waals surface area contributed by atoms with Crippen LogP contribution in [0.25, 0.3) is 11.5 Å². The van der Waals surface area contributed by atoms with Gasteiger partial charge >= 0.3 is 5.97 Å². The predicted molar refractivity (Wildman–Crippen MR) is 89.0 cm³/mol. The summed E-state index contributed by atoms with van der Waals surface area (Å²) in [5, 5.41) is 8.89. The molecule has 0 atom stereocenters. The Morgan fingerprint density at radius 3 is 2.72 bits per heavy atom. The van der Waals surface area contributed by atoms with Crippen molar-refractivity contribution in [3.8, 4) is 29.0 Å². The van der Waals surface area contributed by atoms with Gasteiger partial charge in [-0.25, -0.2) is 4.98 Å². The number of aromatic nitrogens is 1. The number of nitrogens with zero attached hydrogens (tertiary/aromatic N) is 2. The van der Waals surface area contributed by atoms with Gasteiger partial charge in [-0.1, -0.05) is 18.2 Å². The van der Waals surface area contributed by atoms with E-state index in [0.29, 0.717) is 22.9 Å². The van der Waals surface area contributed by atoms with Crippen LogP contribution in [0.2, 0.25) is 0 Å². The zero-order chi connectivity index (χ0) is 17.6. The second kappa shape index (κ2) is 7.32. The molecular formula is C19H14N2O4. The Hall–Kier alpha value is -3.59. The first-order valence-corrected chi connectivity index (χ1v) is 7.48. The van der Waals surface area contributed by atoms with Gasteiger partial charge in [-0.3, -0.25) is 4.79 Å². The second-order valence-corrected chi connectivity index (χ2v) is 5.14. The summed E-state index contributed by atoms with van der Waals surface area (Å²) in [6, 6.07) is 16.0. The van der Waals surface area contributed by atoms with Crippen LogP contribution in [-0.2, 0) is 11.2 Å². The van der Waals surface area contributed by atoms with Crippen molar-refractivity contribution in [2.45, 2.75) is 6.42 Å². The Kier molecular flexibility index (Phi) is 4.77. The molecule has 0 amide bonds. The van der Waals surface area contributed by atoms with Gasteiger partial charge in [0.05, 0.1) is 30.9 Å². The van der Waals surface area contributed by atoms with Crippen LogP contribution < -0.4 is 9.47 Å². The van der Waals surface area contributed by atoms with E-state index in [1.54, 1.807) is 6.07 Å². The molecule has 3 rings (SSSR count). The molecule has 0 aliphatic rings. The minimum atomic E-state index is -0.504. The molecule has 3 aromatic rings. The summed E-state index contributed by atoms with van der Waals surface area (Å²) in [6.45, 7) is 0. The minimum absolute atomic E-state index is 0.0422. The molecule has 1 aromatic heterocycles. The summed E-state index contributed by atoms with van der Waals surface area (Å²) in [7, 11) is 1.44. The molecule has 0 saturated carbocycles. The molecule has 0 spiro atoms. The molecule has 124 valence electrons. The highest BCUT2D eigenvalue weighted by Gasteiger charge is 2.14. The average Bonchev–Trinajstić information content (AvgIpc) is 3.11. The topological polar surface area (TPSA) is 85.4 Å². The Morgan fingerprint density at radius 2 is 2.00 bits per heavy atom. The van der Waals surface area contributed by atoms with Crippen LogP contribution in [0.4, 0.5) is 0 Å². The lowest BCUT2D eigenvalue weighted by Gasteiger charge is -2.08. The number of esters is 1. The van der Waals surface area contributed by atoms with Gasteiger partial charge in [0.2, 0.25) is 5.89 Å². The fourth-order valence-electron chi connectivity index (χ4n) is 2.23. The monoisotopic (exact) mass is 334 g/mol. The van der Waals surface area contributed by atoms with Crippen molar-refractivity contribution in [3.63, 3.8) is 0 Å². The summed E-state index contributed by atoms with van der Waals surface area (Å²) >= 11 is 0. The van der Waals surface area contributed by atoms with Crippen LogP contribution in [-0.4, -0.2) is 18.1 Å². The van der Waals surface area contributed by atoms with Crippen molar-refractivity contribution in [1.29, 1.82) is 5.26 Å². The molecule has 0 bridgehead atoms. The van der Waals surface area contributed by atoms with Gasteiger partial charge in [0.15, 0.2) is 11.5 Å². The third-order valence-corrected chi connectivity index (χ3v) is 3.41. The molecule has 0 saturated heterocycles. The van der Waals surface area contributed by atoms with Gasteiger partial charge in [-0.15, -0.1) is 0 Å². The number of nitriles is 1. The number of methoxy groups -OCH3 is 1. The van der Waals surface area contributed by atoms with Gasteiger partial charge in [-0.2, -0.15) is 5.26 Å². The van der Waals surface area contributed by atoms with Crippen molar-refractivity contribution in [2.24, 2.45) is 0 Å². The average molecular weight is 334 g/mol. The third-order valence-electron chi connectivity index (χ3n) is 3.41. The number of hydrogen-bond acceptors (Lipinski definition) is 6. The summed E-state index contributed by atoms with van der Waals surface area (Å²) in [6.07, 6.45) is 1.39. The molecule has 0 radical (unpaired) electrons. The van der Waals surface area contributed by atoms with Crippen molar-refractivity contribution >= 4 is 5.97 Å². The standard InChI is InChI=1S/C19H14N2O4/c1-23-17-9-13(11-20)7-8-16(17)25-18(22)10-15-12-24-19(21-15)14-5-3-2-4-6-14/h2-9,12H,10H2,1H3. The number of oxazole rings is 1. The quantitative estimate of drug-likeness (QED) is 0.525. The highest BCUT2D eigenvalue weighted by Crippen LogP contribution is 2.28. The number of hydrogen-bond donors (Lipinski definition) is 0. The third kappa shape index (κ3) is 3.85. The zero-order valence-corrected chi connectivity index (χ0v) is 13.4. The number of carbonyl (C=O) groups is 1. The SMILES string of the molecule is COc1cc(C#N)ccc1OC(=O)Cc1coc(-c2ccccc2)n1. The lowest BCUT2D eigenvalue weighted by Crippen LogP contribution is -2.12. The van der Waals surface area contributed by atoms with Gasteiger partial charge in [0, 0.05) is 11.6 Å². The Morgan fingerprint density at radius 1 is 1.20 bits per heavy atom. The van der Waals surface area contributed by atoms with Crippen LogP contribution in [0.5, 0.6) is 11.5 Å². The largest absolute Gasteiger partial charge is 0.493 e. The van der Waals surface area contributed by atoms with E-state index in [1.165, 1.54) is 25.5 Å². The fraction of sp³-hybridized carbons (Fsp3) is 0.105. The van der Waals surface area contributed by atoms with E-state index < -0.39 is 5.97 Å². The normalized spacial score (nSPS) is 10.1. The highest BCUT2D eigenvalue weighted by atomic mass is 16.6. The number of carbonyl (C=O) groups excluding carboxylic acids is 1. The smallest absolute Gasteiger partial charge is 0.317 e. The first-order valence-electron chi connectivity index (χ1n) is 7.48. The van der Waals surface area contributed by atoms with Crippen LogP contribution >= 0.6 is 0 Å². The highest BCUT2D eigenvalue weighted by molar-refractivity contribution is 5.75. The van der Waals surface area contributed by atoms with E-state index in [9.17, 15) is 4.79 Å². The Bertz CT molecular complexity index is 926. The maximum atomic E-state index is 12.1. The number of benzene rings is 2. The molecule has 0 aliphatic heterocycles. The van der Waals surface area contributed by atoms with Crippen molar-refractivity contribution in [2.75, 3.05) is 7.11 Å². The van der Waals surface area contributed by atoms with Crippen LogP contribution in [0.3, 0.4) is 0 Å². The van der Waals surface area contributed by atoms with Crippen LogP contribution in [0, 0.1) is 11.3 Å². The molecule has 0 aliphatic carbocycles. The molecule has 0 unspecified atom stereocenters. The summed E-state index contributed by atoms with van der Waals surface area (Å²) < 4.78 is 15.8. The van der Waals surface area contributed by atoms with Gasteiger partial charge in [0.25, 0.3) is 0 Å². The molecule has 6 heteroatoms. The van der Waals surface area contributed by atoms with Crippen molar-refractivity contribution in [1.82, 2.24) is 4.98 Å². The van der Waals surface area contributed by atoms with Gasteiger partial charge < -0.3 is 13.9 Å². The van der Waals surface area contributed by atoms with Crippen LogP contribution in [0.15, 0.2) is 59.2 Å². The fourth-order valence-corrected chi connectivity index (χ4v) is 2.23. The number of rotatable bonds is 5. The lowest BCUT2D eigenvalue weighted by molar-refractivity contribution is -0.133. The van der Waals surface area contributed by atoms with E-state index in [1.807, 2.05) is 36.4 Å². The summed E-state index contributed by atoms with van der Waals surface area (Å²) in [4.78, 5) is 16.4. The Balaban J connectivity index is 1.70. The van der Waals surface area contributed by atoms with E-state index >= 15 is 0 Å². The van der Waals surface area contributed by atoms with Gasteiger partial charge in [0.1, 0.15) is 6.26 Å². The molecule has 6 nitrogen and oxygen atoms in total. The molecule has 2 aromatic carbocycles. The van der Waals surface area contributed by atoms with E-state index in [2.05, 4.69) is 4.98 Å². The minimum Gasteiger partial charge on any atom is -0.493 e. The van der Waals surface area contributed by atoms with E-state index in [0.717, 1.165) is 5.56 Å². The summed E-state index contributed by atoms with van der Waals surface area (Å²) in [5.74, 6) is 0.506. The lowest BCUT2D eigenvalue weighted by atomic mass is 10.2. The van der Waals surface area contributed by atoms with Gasteiger partial charge in [-0.05, 0) is 24.3 Å². The maximum absolute atomic E-state index is 12.1. The van der Waals surface area contributed by atoms with Crippen molar-refractivity contribution in [3.05, 3.63) is 66.1 Å². The zero-order valence-electron chi connectivity index (χ0n) is 13.4. The Labute approximate surface area is 144 Å². The summed E-state index contributed by atoms with van der Waals surface area (Å²) in [5.41, 5.74) is 1.72. The maximum Gasteiger partial charge on any atom is 0.317 e. The molecule has 1 heterocycles. The molecular weight excluding hydrogens is 320 g/mol. The van der Waals surface area contributed by atoms with Crippen molar-refractivity contribution < 1.29 is 18.7 Å². The molecule has 0 fully saturated rings. The van der Waals surface area contributed by atoms with E-state index in [-0.39, 0.29) is 12.2 Å².